The van der Waals surface area contributed by atoms with Gasteiger partial charge in [0.05, 0.1) is 0 Å². The number of benzene rings is 2. The molecule has 0 fully saturated rings. The second kappa shape index (κ2) is 9.63. The molecule has 0 bridgehead atoms. The third-order valence-electron chi connectivity index (χ3n) is 3.60. The lowest BCUT2D eigenvalue weighted by Crippen LogP contribution is -2.49. The first kappa shape index (κ1) is 19.5. The average molecular weight is 412 g/mol. The van der Waals surface area contributed by atoms with Gasteiger partial charge in [-0.2, -0.15) is 0 Å². The Morgan fingerprint density at radius 3 is 2.68 bits per heavy atom. The van der Waals surface area contributed by atoms with Crippen LogP contribution in [0, 0.1) is 0 Å². The van der Waals surface area contributed by atoms with Gasteiger partial charge in [-0.25, -0.2) is 0 Å². The van der Waals surface area contributed by atoms with Gasteiger partial charge >= 0.3 is 0 Å². The van der Waals surface area contributed by atoms with E-state index in [4.69, 9.17) is 17.0 Å². The van der Waals surface area contributed by atoms with Crippen molar-refractivity contribution in [2.24, 2.45) is 0 Å². The Balaban J connectivity index is 1.42. The van der Waals surface area contributed by atoms with Crippen molar-refractivity contribution in [3.05, 3.63) is 70.9 Å². The number of nitrogens with one attached hydrogen (secondary N) is 3. The molecule has 0 atom stereocenters. The van der Waals surface area contributed by atoms with Crippen molar-refractivity contribution in [2.75, 3.05) is 6.61 Å². The summed E-state index contributed by atoms with van der Waals surface area (Å²) in [6.07, 6.45) is 3.05. The minimum Gasteiger partial charge on any atom is -0.483 e. The monoisotopic (exact) mass is 411 g/mol. The molecule has 28 heavy (non-hydrogen) atoms. The van der Waals surface area contributed by atoms with Gasteiger partial charge in [-0.3, -0.25) is 25.8 Å². The van der Waals surface area contributed by atoms with Crippen molar-refractivity contribution in [1.82, 2.24) is 16.2 Å². The molecule has 0 saturated carbocycles. The van der Waals surface area contributed by atoms with E-state index in [0.29, 0.717) is 5.75 Å². The van der Waals surface area contributed by atoms with Gasteiger partial charge in [-0.1, -0.05) is 42.5 Å². The lowest BCUT2D eigenvalue weighted by molar-refractivity contribution is -0.123. The van der Waals surface area contributed by atoms with Crippen LogP contribution < -0.4 is 20.9 Å². The molecule has 0 radical (unpaired) electrons. The van der Waals surface area contributed by atoms with E-state index in [1.807, 2.05) is 53.9 Å². The number of amides is 2. The summed E-state index contributed by atoms with van der Waals surface area (Å²) in [4.78, 5) is 24.7. The Bertz CT molecular complexity index is 1010. The fourth-order valence-electron chi connectivity index (χ4n) is 2.36. The van der Waals surface area contributed by atoms with Crippen LogP contribution in [0.2, 0.25) is 0 Å². The van der Waals surface area contributed by atoms with Gasteiger partial charge in [0.2, 0.25) is 5.91 Å². The van der Waals surface area contributed by atoms with E-state index in [1.165, 1.54) is 17.4 Å². The number of carbonyl (C=O) groups excluding carboxylic acids is 2. The standard InChI is InChI=1S/C20H17N3O3S2/c24-18(11-10-15-7-4-12-28-15)21-20(27)23-22-19(25)13-26-17-9-3-6-14-5-1-2-8-16(14)17/h1-12H,13H2,(H,22,25)(H2,21,23,24,27)/b11-10+. The summed E-state index contributed by atoms with van der Waals surface area (Å²) in [5.41, 5.74) is 4.85. The van der Waals surface area contributed by atoms with E-state index < -0.39 is 11.8 Å². The van der Waals surface area contributed by atoms with Crippen LogP contribution in [0.15, 0.2) is 66.1 Å². The van der Waals surface area contributed by atoms with Crippen LogP contribution in [-0.2, 0) is 9.59 Å². The number of hydrazine groups is 1. The summed E-state index contributed by atoms with van der Waals surface area (Å²) in [7, 11) is 0. The molecule has 0 aliphatic heterocycles. The molecule has 6 nitrogen and oxygen atoms in total. The van der Waals surface area contributed by atoms with E-state index in [-0.39, 0.29) is 11.7 Å². The molecule has 2 aromatic carbocycles. The molecular formula is C20H17N3O3S2. The van der Waals surface area contributed by atoms with Crippen LogP contribution in [-0.4, -0.2) is 23.5 Å². The van der Waals surface area contributed by atoms with Crippen molar-refractivity contribution >= 4 is 57.3 Å². The third-order valence-corrected chi connectivity index (χ3v) is 4.64. The number of hydrogen-bond acceptors (Lipinski definition) is 5. The summed E-state index contributed by atoms with van der Waals surface area (Å²) in [5, 5.41) is 6.29. The topological polar surface area (TPSA) is 79.5 Å². The lowest BCUT2D eigenvalue weighted by Gasteiger charge is -2.11. The molecule has 2 amide bonds. The zero-order valence-electron chi connectivity index (χ0n) is 14.7. The van der Waals surface area contributed by atoms with E-state index in [1.54, 1.807) is 12.1 Å². The molecule has 142 valence electrons. The number of carbonyl (C=O) groups is 2. The molecule has 0 saturated heterocycles. The van der Waals surface area contributed by atoms with Crippen molar-refractivity contribution in [1.29, 1.82) is 0 Å². The van der Waals surface area contributed by atoms with Crippen molar-refractivity contribution < 1.29 is 14.3 Å². The maximum atomic E-state index is 11.9. The van der Waals surface area contributed by atoms with Gasteiger partial charge in [-0.15, -0.1) is 11.3 Å². The maximum Gasteiger partial charge on any atom is 0.276 e. The number of ether oxygens (including phenoxy) is 1. The fourth-order valence-corrected chi connectivity index (χ4v) is 3.13. The molecule has 0 aliphatic carbocycles. The quantitative estimate of drug-likeness (QED) is 0.342. The maximum absolute atomic E-state index is 11.9. The van der Waals surface area contributed by atoms with Gasteiger partial charge in [0.1, 0.15) is 5.75 Å². The van der Waals surface area contributed by atoms with Crippen LogP contribution in [0.5, 0.6) is 5.75 Å². The van der Waals surface area contributed by atoms with Gasteiger partial charge in [0.25, 0.3) is 5.91 Å². The largest absolute Gasteiger partial charge is 0.483 e. The number of fused-ring (bicyclic) bond motifs is 1. The molecule has 0 spiro atoms. The molecule has 1 aromatic heterocycles. The molecular weight excluding hydrogens is 394 g/mol. The van der Waals surface area contributed by atoms with E-state index in [2.05, 4.69) is 16.2 Å². The Morgan fingerprint density at radius 1 is 1.04 bits per heavy atom. The highest BCUT2D eigenvalue weighted by atomic mass is 32.1. The predicted molar refractivity (Wildman–Crippen MR) is 115 cm³/mol. The molecule has 0 unspecified atom stereocenters. The van der Waals surface area contributed by atoms with Crippen LogP contribution >= 0.6 is 23.6 Å². The normalized spacial score (nSPS) is 10.6. The fraction of sp³-hybridized carbons (Fsp3) is 0.0500. The highest BCUT2D eigenvalue weighted by Crippen LogP contribution is 2.24. The number of thiocarbonyl (C=S) groups is 1. The highest BCUT2D eigenvalue weighted by Gasteiger charge is 2.07. The van der Waals surface area contributed by atoms with Gasteiger partial charge in [0, 0.05) is 16.3 Å². The summed E-state index contributed by atoms with van der Waals surface area (Å²) in [6, 6.07) is 17.2. The zero-order valence-corrected chi connectivity index (χ0v) is 16.3. The summed E-state index contributed by atoms with van der Waals surface area (Å²) in [5.74, 6) is -0.214. The number of rotatable bonds is 5. The van der Waals surface area contributed by atoms with Crippen LogP contribution in [0.4, 0.5) is 0 Å². The van der Waals surface area contributed by atoms with Crippen molar-refractivity contribution in [3.63, 3.8) is 0 Å². The molecule has 3 rings (SSSR count). The van der Waals surface area contributed by atoms with Crippen LogP contribution in [0.25, 0.3) is 16.8 Å². The number of thiophene rings is 1. The highest BCUT2D eigenvalue weighted by molar-refractivity contribution is 7.80. The first-order chi connectivity index (χ1) is 13.6. The van der Waals surface area contributed by atoms with E-state index in [9.17, 15) is 9.59 Å². The van der Waals surface area contributed by atoms with E-state index in [0.717, 1.165) is 15.6 Å². The van der Waals surface area contributed by atoms with Crippen LogP contribution in [0.1, 0.15) is 4.88 Å². The first-order valence-corrected chi connectivity index (χ1v) is 9.62. The molecule has 3 N–H and O–H groups in total. The molecule has 0 aliphatic rings. The number of hydrogen-bond donors (Lipinski definition) is 3. The lowest BCUT2D eigenvalue weighted by atomic mass is 10.1. The minimum atomic E-state index is -0.432. The molecule has 8 heteroatoms. The average Bonchev–Trinajstić information content (AvgIpc) is 3.23. The van der Waals surface area contributed by atoms with Crippen molar-refractivity contribution in [3.8, 4) is 5.75 Å². The summed E-state index contributed by atoms with van der Waals surface area (Å²) < 4.78 is 5.58. The SMILES string of the molecule is O=C(/C=C/c1cccs1)NC(=S)NNC(=O)COc1cccc2ccccc12. The van der Waals surface area contributed by atoms with Crippen molar-refractivity contribution in [2.45, 2.75) is 0 Å². The minimum absolute atomic E-state index is 0.0145. The summed E-state index contributed by atoms with van der Waals surface area (Å²) in [6.45, 7) is -0.199. The Kier molecular flexibility index (Phi) is 6.72. The second-order valence-corrected chi connectivity index (χ2v) is 6.99. The second-order valence-electron chi connectivity index (χ2n) is 5.61. The molecule has 3 aromatic rings. The first-order valence-electron chi connectivity index (χ1n) is 8.34. The van der Waals surface area contributed by atoms with Gasteiger partial charge in [0.15, 0.2) is 11.7 Å². The smallest absolute Gasteiger partial charge is 0.276 e. The Morgan fingerprint density at radius 2 is 1.86 bits per heavy atom. The summed E-state index contributed by atoms with van der Waals surface area (Å²) >= 11 is 6.49. The van der Waals surface area contributed by atoms with Gasteiger partial charge < -0.3 is 4.74 Å². The Hall–Kier alpha value is -3.23. The van der Waals surface area contributed by atoms with E-state index >= 15 is 0 Å². The van der Waals surface area contributed by atoms with Gasteiger partial charge in [-0.05, 0) is 41.2 Å². The molecule has 1 heterocycles. The predicted octanol–water partition coefficient (Wildman–Crippen LogP) is 3.02. The zero-order chi connectivity index (χ0) is 19.8. The Labute approximate surface area is 171 Å². The third kappa shape index (κ3) is 5.63. The van der Waals surface area contributed by atoms with Crippen LogP contribution in [0.3, 0.4) is 0 Å².